The molecule has 2 heterocycles. The maximum absolute atomic E-state index is 12.2. The maximum atomic E-state index is 12.2. The number of hydrogen-bond acceptors (Lipinski definition) is 4. The van der Waals surface area contributed by atoms with E-state index >= 15 is 0 Å². The molecular formula is C16H18N4O. The molecule has 21 heavy (non-hydrogen) atoms. The first-order valence-electron chi connectivity index (χ1n) is 7.20. The Hall–Kier alpha value is -2.30. The molecule has 0 radical (unpaired) electrons. The molecule has 1 atom stereocenters. The normalized spacial score (nSPS) is 15.5. The number of pyridine rings is 1. The van der Waals surface area contributed by atoms with E-state index in [2.05, 4.69) is 20.3 Å². The lowest BCUT2D eigenvalue weighted by molar-refractivity contribution is -0.121. The average molecular weight is 282 g/mol. The van der Waals surface area contributed by atoms with Gasteiger partial charge in [0.15, 0.2) is 5.82 Å². The van der Waals surface area contributed by atoms with Crippen molar-refractivity contribution >= 4 is 5.91 Å². The predicted octanol–water partition coefficient (Wildman–Crippen LogP) is 1.99. The first-order chi connectivity index (χ1) is 10.2. The zero-order valence-electron chi connectivity index (χ0n) is 12.0. The standard InChI is InChI=1S/C16H18N4O/c1-11-6-8-18-16(19-11)15(13-4-5-13)20-14(21)9-12-3-2-7-17-10-12/h2-3,6-8,10,13,15H,4-5,9H2,1H3,(H,20,21)/t15-/m0/s1. The minimum absolute atomic E-state index is 0.00925. The Balaban J connectivity index is 1.69. The van der Waals surface area contributed by atoms with Crippen LogP contribution in [0, 0.1) is 12.8 Å². The van der Waals surface area contributed by atoms with Crippen molar-refractivity contribution in [2.45, 2.75) is 32.2 Å². The van der Waals surface area contributed by atoms with E-state index in [9.17, 15) is 4.79 Å². The van der Waals surface area contributed by atoms with E-state index in [0.717, 1.165) is 29.9 Å². The molecule has 1 saturated carbocycles. The highest BCUT2D eigenvalue weighted by atomic mass is 16.1. The van der Waals surface area contributed by atoms with Crippen LogP contribution in [0.1, 0.15) is 36.0 Å². The molecule has 1 amide bonds. The second-order valence-corrected chi connectivity index (χ2v) is 5.48. The molecule has 0 aromatic carbocycles. The number of carbonyl (C=O) groups excluding carboxylic acids is 1. The molecule has 2 aromatic heterocycles. The zero-order valence-corrected chi connectivity index (χ0v) is 12.0. The Morgan fingerprint density at radius 2 is 2.24 bits per heavy atom. The molecule has 1 aliphatic carbocycles. The number of carbonyl (C=O) groups is 1. The van der Waals surface area contributed by atoms with Crippen LogP contribution < -0.4 is 5.32 Å². The minimum Gasteiger partial charge on any atom is -0.346 e. The fraction of sp³-hybridized carbons (Fsp3) is 0.375. The van der Waals surface area contributed by atoms with Crippen molar-refractivity contribution in [3.63, 3.8) is 0 Å². The highest BCUT2D eigenvalue weighted by molar-refractivity contribution is 5.78. The van der Waals surface area contributed by atoms with Crippen molar-refractivity contribution in [2.24, 2.45) is 5.92 Å². The summed E-state index contributed by atoms with van der Waals surface area (Å²) in [6.07, 6.45) is 7.75. The molecule has 0 aliphatic heterocycles. The van der Waals surface area contributed by atoms with Gasteiger partial charge in [-0.05, 0) is 43.4 Å². The van der Waals surface area contributed by atoms with Crippen LogP contribution >= 0.6 is 0 Å². The van der Waals surface area contributed by atoms with Crippen LogP contribution in [-0.4, -0.2) is 20.9 Å². The van der Waals surface area contributed by atoms with E-state index in [4.69, 9.17) is 0 Å². The van der Waals surface area contributed by atoms with E-state index in [-0.39, 0.29) is 11.9 Å². The second-order valence-electron chi connectivity index (χ2n) is 5.48. The van der Waals surface area contributed by atoms with Gasteiger partial charge in [-0.25, -0.2) is 9.97 Å². The van der Waals surface area contributed by atoms with Crippen LogP contribution in [0.3, 0.4) is 0 Å². The summed E-state index contributed by atoms with van der Waals surface area (Å²) < 4.78 is 0. The number of nitrogens with one attached hydrogen (secondary N) is 1. The maximum Gasteiger partial charge on any atom is 0.225 e. The van der Waals surface area contributed by atoms with Gasteiger partial charge in [-0.1, -0.05) is 6.07 Å². The highest BCUT2D eigenvalue weighted by Crippen LogP contribution is 2.39. The molecule has 3 rings (SSSR count). The summed E-state index contributed by atoms with van der Waals surface area (Å²) in [5.41, 5.74) is 1.84. The summed E-state index contributed by atoms with van der Waals surface area (Å²) >= 11 is 0. The van der Waals surface area contributed by atoms with Gasteiger partial charge in [-0.2, -0.15) is 0 Å². The lowest BCUT2D eigenvalue weighted by Gasteiger charge is -2.17. The van der Waals surface area contributed by atoms with Crippen molar-refractivity contribution in [3.05, 3.63) is 53.9 Å². The highest BCUT2D eigenvalue weighted by Gasteiger charge is 2.35. The van der Waals surface area contributed by atoms with Crippen molar-refractivity contribution < 1.29 is 4.79 Å². The van der Waals surface area contributed by atoms with Crippen LogP contribution in [0.5, 0.6) is 0 Å². The van der Waals surface area contributed by atoms with Crippen LogP contribution in [0.2, 0.25) is 0 Å². The Labute approximate surface area is 123 Å². The van der Waals surface area contributed by atoms with Crippen molar-refractivity contribution in [2.75, 3.05) is 0 Å². The summed E-state index contributed by atoms with van der Waals surface area (Å²) in [4.78, 5) is 25.0. The third-order valence-electron chi connectivity index (χ3n) is 3.59. The third kappa shape index (κ3) is 3.62. The van der Waals surface area contributed by atoms with Crippen molar-refractivity contribution in [1.82, 2.24) is 20.3 Å². The first kappa shape index (κ1) is 13.7. The van der Waals surface area contributed by atoms with Crippen LogP contribution in [0.15, 0.2) is 36.8 Å². The lowest BCUT2D eigenvalue weighted by atomic mass is 10.1. The summed E-state index contributed by atoms with van der Waals surface area (Å²) in [6, 6.07) is 5.53. The van der Waals surface area contributed by atoms with Gasteiger partial charge in [0.25, 0.3) is 0 Å². The Morgan fingerprint density at radius 1 is 1.38 bits per heavy atom. The Morgan fingerprint density at radius 3 is 2.90 bits per heavy atom. The van der Waals surface area contributed by atoms with Crippen molar-refractivity contribution in [3.8, 4) is 0 Å². The van der Waals surface area contributed by atoms with E-state index < -0.39 is 0 Å². The first-order valence-corrected chi connectivity index (χ1v) is 7.20. The zero-order chi connectivity index (χ0) is 14.7. The summed E-state index contributed by atoms with van der Waals surface area (Å²) in [5, 5.41) is 3.08. The smallest absolute Gasteiger partial charge is 0.225 e. The molecule has 108 valence electrons. The second kappa shape index (κ2) is 5.99. The largest absolute Gasteiger partial charge is 0.346 e. The average Bonchev–Trinajstić information content (AvgIpc) is 3.30. The predicted molar refractivity (Wildman–Crippen MR) is 78.3 cm³/mol. The Kier molecular flexibility index (Phi) is 3.90. The molecule has 1 fully saturated rings. The molecule has 0 saturated heterocycles. The van der Waals surface area contributed by atoms with E-state index in [1.165, 1.54) is 0 Å². The minimum atomic E-state index is -0.0749. The lowest BCUT2D eigenvalue weighted by Crippen LogP contribution is -2.32. The summed E-state index contributed by atoms with van der Waals surface area (Å²) in [6.45, 7) is 1.94. The number of rotatable bonds is 5. The molecule has 0 spiro atoms. The third-order valence-corrected chi connectivity index (χ3v) is 3.59. The quantitative estimate of drug-likeness (QED) is 0.910. The van der Waals surface area contributed by atoms with Gasteiger partial charge in [0.2, 0.25) is 5.91 Å². The summed E-state index contributed by atoms with van der Waals surface area (Å²) in [7, 11) is 0. The number of aromatic nitrogens is 3. The molecule has 5 heteroatoms. The number of hydrogen-bond donors (Lipinski definition) is 1. The van der Waals surface area contributed by atoms with Gasteiger partial charge >= 0.3 is 0 Å². The fourth-order valence-electron chi connectivity index (χ4n) is 2.35. The Bertz CT molecular complexity index is 625. The van der Waals surface area contributed by atoms with E-state index in [0.29, 0.717) is 12.3 Å². The van der Waals surface area contributed by atoms with Gasteiger partial charge in [-0.15, -0.1) is 0 Å². The number of nitrogens with zero attached hydrogens (tertiary/aromatic N) is 3. The molecular weight excluding hydrogens is 264 g/mol. The van der Waals surface area contributed by atoms with Gasteiger partial charge in [-0.3, -0.25) is 9.78 Å². The number of aryl methyl sites for hydroxylation is 1. The number of amides is 1. The van der Waals surface area contributed by atoms with Crippen LogP contribution in [-0.2, 0) is 11.2 Å². The summed E-state index contributed by atoms with van der Waals surface area (Å²) in [5.74, 6) is 1.17. The molecule has 0 bridgehead atoms. The van der Waals surface area contributed by atoms with Crippen molar-refractivity contribution in [1.29, 1.82) is 0 Å². The monoisotopic (exact) mass is 282 g/mol. The van der Waals surface area contributed by atoms with Gasteiger partial charge in [0.1, 0.15) is 0 Å². The van der Waals surface area contributed by atoms with Gasteiger partial charge < -0.3 is 5.32 Å². The van der Waals surface area contributed by atoms with E-state index in [1.807, 2.05) is 25.1 Å². The molecule has 1 N–H and O–H groups in total. The molecule has 5 nitrogen and oxygen atoms in total. The van der Waals surface area contributed by atoms with Gasteiger partial charge in [0.05, 0.1) is 12.5 Å². The molecule has 2 aromatic rings. The van der Waals surface area contributed by atoms with Gasteiger partial charge in [0, 0.05) is 24.3 Å². The van der Waals surface area contributed by atoms with E-state index in [1.54, 1.807) is 18.6 Å². The topological polar surface area (TPSA) is 67.8 Å². The molecule has 1 aliphatic rings. The molecule has 0 unspecified atom stereocenters. The van der Waals surface area contributed by atoms with Crippen LogP contribution in [0.25, 0.3) is 0 Å². The SMILES string of the molecule is Cc1ccnc([C@@H](NC(=O)Cc2cccnc2)C2CC2)n1. The fourth-order valence-corrected chi connectivity index (χ4v) is 2.35. The van der Waals surface area contributed by atoms with Crippen LogP contribution in [0.4, 0.5) is 0 Å².